The zero-order valence-corrected chi connectivity index (χ0v) is 16.1. The first-order chi connectivity index (χ1) is 12.7. The summed E-state index contributed by atoms with van der Waals surface area (Å²) in [6.45, 7) is 3.77. The van der Waals surface area contributed by atoms with Crippen LogP contribution in [0.5, 0.6) is 0 Å². The lowest BCUT2D eigenvalue weighted by molar-refractivity contribution is 0.415. The Morgan fingerprint density at radius 2 is 1.38 bits per heavy atom. The number of amidine groups is 1. The highest BCUT2D eigenvalue weighted by atomic mass is 32.2. The van der Waals surface area contributed by atoms with E-state index < -0.39 is 0 Å². The number of rotatable bonds is 5. The van der Waals surface area contributed by atoms with Crippen molar-refractivity contribution < 1.29 is 0 Å². The van der Waals surface area contributed by atoms with Crippen molar-refractivity contribution >= 4 is 22.6 Å². The quantitative estimate of drug-likeness (QED) is 0.407. The van der Waals surface area contributed by atoms with Crippen LogP contribution in [0.25, 0.3) is 0 Å². The van der Waals surface area contributed by atoms with E-state index in [1.165, 1.54) is 16.7 Å². The highest BCUT2D eigenvalue weighted by molar-refractivity contribution is 8.13. The van der Waals surface area contributed by atoms with E-state index in [0.29, 0.717) is 0 Å². The fourth-order valence-corrected chi connectivity index (χ4v) is 3.44. The Labute approximate surface area is 160 Å². The maximum absolute atomic E-state index is 4.94. The first kappa shape index (κ1) is 18.3. The Kier molecular flexibility index (Phi) is 6.50. The molecule has 0 amide bonds. The molecule has 0 bridgehead atoms. The van der Waals surface area contributed by atoms with Gasteiger partial charge < -0.3 is 4.90 Å². The minimum Gasteiger partial charge on any atom is -0.343 e. The number of benzene rings is 3. The van der Waals surface area contributed by atoms with Crippen LogP contribution in [0.3, 0.4) is 0 Å². The van der Waals surface area contributed by atoms with Crippen molar-refractivity contribution in [2.24, 2.45) is 4.99 Å². The van der Waals surface area contributed by atoms with Crippen molar-refractivity contribution in [3.63, 3.8) is 0 Å². The molecule has 3 rings (SSSR count). The molecule has 0 unspecified atom stereocenters. The molecule has 0 aliphatic carbocycles. The van der Waals surface area contributed by atoms with Crippen LogP contribution in [0, 0.1) is 6.92 Å². The van der Waals surface area contributed by atoms with Crippen LogP contribution in [-0.4, -0.2) is 16.3 Å². The molecular weight excluding hydrogens is 336 g/mol. The van der Waals surface area contributed by atoms with Gasteiger partial charge in [0, 0.05) is 13.1 Å². The summed E-state index contributed by atoms with van der Waals surface area (Å²) >= 11 is 1.69. The highest BCUT2D eigenvalue weighted by Crippen LogP contribution is 2.21. The topological polar surface area (TPSA) is 15.6 Å². The predicted octanol–water partition coefficient (Wildman–Crippen LogP) is 6.05. The minimum atomic E-state index is 0.835. The Hall–Kier alpha value is -2.52. The third kappa shape index (κ3) is 5.24. The molecule has 0 atom stereocenters. The van der Waals surface area contributed by atoms with Crippen molar-refractivity contribution in [1.29, 1.82) is 0 Å². The van der Waals surface area contributed by atoms with E-state index in [0.717, 1.165) is 23.9 Å². The Morgan fingerprint density at radius 3 is 1.88 bits per heavy atom. The molecule has 0 fully saturated rings. The van der Waals surface area contributed by atoms with E-state index in [9.17, 15) is 0 Å². The van der Waals surface area contributed by atoms with Gasteiger partial charge in [0.15, 0.2) is 5.17 Å². The van der Waals surface area contributed by atoms with Crippen molar-refractivity contribution in [3.8, 4) is 0 Å². The summed E-state index contributed by atoms with van der Waals surface area (Å²) in [6.07, 6.45) is 2.09. The second-order valence-corrected chi connectivity index (χ2v) is 7.04. The van der Waals surface area contributed by atoms with Crippen molar-refractivity contribution in [3.05, 3.63) is 102 Å². The lowest BCUT2D eigenvalue weighted by Crippen LogP contribution is -2.27. The van der Waals surface area contributed by atoms with E-state index in [1.54, 1.807) is 11.8 Å². The minimum absolute atomic E-state index is 0.835. The summed E-state index contributed by atoms with van der Waals surface area (Å²) in [7, 11) is 0. The van der Waals surface area contributed by atoms with E-state index in [4.69, 9.17) is 4.99 Å². The number of hydrogen-bond donors (Lipinski definition) is 0. The average Bonchev–Trinajstić information content (AvgIpc) is 2.67. The normalized spacial score (nSPS) is 11.4. The molecule has 0 aliphatic heterocycles. The summed E-state index contributed by atoms with van der Waals surface area (Å²) in [5.41, 5.74) is 4.80. The van der Waals surface area contributed by atoms with Crippen LogP contribution >= 0.6 is 11.8 Å². The summed E-state index contributed by atoms with van der Waals surface area (Å²) in [6, 6.07) is 29.5. The van der Waals surface area contributed by atoms with Crippen molar-refractivity contribution in [2.45, 2.75) is 20.0 Å². The van der Waals surface area contributed by atoms with Crippen LogP contribution in [0.4, 0.5) is 5.69 Å². The number of aliphatic imine (C=N–C) groups is 1. The number of thioether (sulfide) groups is 1. The molecule has 0 heterocycles. The van der Waals surface area contributed by atoms with Gasteiger partial charge in [0.2, 0.25) is 0 Å². The molecule has 0 aliphatic rings. The van der Waals surface area contributed by atoms with Gasteiger partial charge in [-0.3, -0.25) is 0 Å². The maximum Gasteiger partial charge on any atom is 0.164 e. The lowest BCUT2D eigenvalue weighted by atomic mass is 10.2. The third-order valence-corrected chi connectivity index (χ3v) is 4.83. The second kappa shape index (κ2) is 9.25. The zero-order chi connectivity index (χ0) is 18.2. The Balaban J connectivity index is 1.91. The molecule has 0 aromatic heterocycles. The molecule has 0 N–H and O–H groups in total. The molecule has 0 spiro atoms. The van der Waals surface area contributed by atoms with Gasteiger partial charge in [-0.15, -0.1) is 0 Å². The standard InChI is InChI=1S/C23H24N2S/c1-19-10-9-15-22(16-19)24-23(26-2)25(17-20-11-5-3-6-12-20)18-21-13-7-4-8-14-21/h3-16H,17-18H2,1-2H3. The van der Waals surface area contributed by atoms with Gasteiger partial charge in [-0.1, -0.05) is 84.6 Å². The van der Waals surface area contributed by atoms with Crippen LogP contribution in [0.2, 0.25) is 0 Å². The summed E-state index contributed by atoms with van der Waals surface area (Å²) in [5, 5.41) is 1.03. The molecular formula is C23H24N2S. The molecule has 3 aromatic carbocycles. The molecule has 26 heavy (non-hydrogen) atoms. The van der Waals surface area contributed by atoms with Gasteiger partial charge >= 0.3 is 0 Å². The van der Waals surface area contributed by atoms with E-state index in [1.807, 2.05) is 0 Å². The summed E-state index contributed by atoms with van der Waals surface area (Å²) < 4.78 is 0. The summed E-state index contributed by atoms with van der Waals surface area (Å²) in [5.74, 6) is 0. The average molecular weight is 361 g/mol. The Morgan fingerprint density at radius 1 is 0.808 bits per heavy atom. The molecule has 3 heteroatoms. The first-order valence-electron chi connectivity index (χ1n) is 8.77. The van der Waals surface area contributed by atoms with E-state index in [2.05, 4.69) is 103 Å². The van der Waals surface area contributed by atoms with Crippen molar-refractivity contribution in [1.82, 2.24) is 4.90 Å². The predicted molar refractivity (Wildman–Crippen MR) is 114 cm³/mol. The number of nitrogens with zero attached hydrogens (tertiary/aromatic N) is 2. The monoisotopic (exact) mass is 360 g/mol. The number of aryl methyl sites for hydroxylation is 1. The van der Waals surface area contributed by atoms with Crippen LogP contribution in [-0.2, 0) is 13.1 Å². The van der Waals surface area contributed by atoms with Crippen LogP contribution < -0.4 is 0 Å². The lowest BCUT2D eigenvalue weighted by Gasteiger charge is -2.25. The van der Waals surface area contributed by atoms with Gasteiger partial charge in [-0.05, 0) is 42.0 Å². The second-order valence-electron chi connectivity index (χ2n) is 6.26. The molecule has 0 saturated heterocycles. The van der Waals surface area contributed by atoms with E-state index >= 15 is 0 Å². The Bertz CT molecular complexity index is 803. The molecule has 3 aromatic rings. The molecule has 0 radical (unpaired) electrons. The highest BCUT2D eigenvalue weighted by Gasteiger charge is 2.12. The first-order valence-corrected chi connectivity index (χ1v) is 9.99. The fourth-order valence-electron chi connectivity index (χ4n) is 2.85. The van der Waals surface area contributed by atoms with Crippen molar-refractivity contribution in [2.75, 3.05) is 6.26 Å². The molecule has 132 valence electrons. The summed E-state index contributed by atoms with van der Waals surface area (Å²) in [4.78, 5) is 7.28. The van der Waals surface area contributed by atoms with Gasteiger partial charge in [0.1, 0.15) is 0 Å². The maximum atomic E-state index is 4.94. The van der Waals surface area contributed by atoms with Crippen LogP contribution in [0.15, 0.2) is 89.9 Å². The van der Waals surface area contributed by atoms with Crippen LogP contribution in [0.1, 0.15) is 16.7 Å². The van der Waals surface area contributed by atoms with Gasteiger partial charge in [0.25, 0.3) is 0 Å². The SMILES string of the molecule is CSC(=Nc1cccc(C)c1)N(Cc1ccccc1)Cc1ccccc1. The van der Waals surface area contributed by atoms with Gasteiger partial charge in [0.05, 0.1) is 5.69 Å². The number of hydrogen-bond acceptors (Lipinski definition) is 2. The smallest absolute Gasteiger partial charge is 0.164 e. The third-order valence-electron chi connectivity index (χ3n) is 4.11. The molecule has 0 saturated carbocycles. The molecule has 2 nitrogen and oxygen atoms in total. The van der Waals surface area contributed by atoms with Gasteiger partial charge in [-0.2, -0.15) is 0 Å². The largest absolute Gasteiger partial charge is 0.343 e. The van der Waals surface area contributed by atoms with E-state index in [-0.39, 0.29) is 0 Å². The zero-order valence-electron chi connectivity index (χ0n) is 15.3. The fraction of sp³-hybridized carbons (Fsp3) is 0.174. The van der Waals surface area contributed by atoms with Gasteiger partial charge in [-0.25, -0.2) is 4.99 Å².